The van der Waals surface area contributed by atoms with Gasteiger partial charge in [-0.15, -0.1) is 0 Å². The lowest BCUT2D eigenvalue weighted by Crippen LogP contribution is -2.12. The van der Waals surface area contributed by atoms with E-state index in [-0.39, 0.29) is 18.8 Å². The fraction of sp³-hybridized carbons (Fsp3) is 0.357. The summed E-state index contributed by atoms with van der Waals surface area (Å²) >= 11 is 4.52. The molecule has 0 amide bonds. The molecule has 0 saturated carbocycles. The van der Waals surface area contributed by atoms with E-state index in [1.165, 1.54) is 23.5 Å². The van der Waals surface area contributed by atoms with Gasteiger partial charge in [0.2, 0.25) is 0 Å². The van der Waals surface area contributed by atoms with E-state index in [1.807, 2.05) is 24.3 Å². The Balaban J connectivity index is 2.04. The number of aromatic nitrogens is 2. The molecule has 1 saturated heterocycles. The molecule has 0 N–H and O–H groups in total. The summed E-state index contributed by atoms with van der Waals surface area (Å²) in [5, 5.41) is 4.00. The highest BCUT2D eigenvalue weighted by atomic mass is 79.9. The molecular formula is C14H12BrF3N2O2S. The van der Waals surface area contributed by atoms with Crippen LogP contribution in [0, 0.1) is 0 Å². The van der Waals surface area contributed by atoms with Crippen molar-refractivity contribution in [3.8, 4) is 0 Å². The average Bonchev–Trinajstić information content (AvgIpc) is 3.09. The Kier molecular flexibility index (Phi) is 4.73. The fourth-order valence-corrected chi connectivity index (χ4v) is 3.44. The van der Waals surface area contributed by atoms with Gasteiger partial charge in [0.15, 0.2) is 12.0 Å². The molecule has 4 nitrogen and oxygen atoms in total. The predicted molar refractivity (Wildman–Crippen MR) is 81.1 cm³/mol. The summed E-state index contributed by atoms with van der Waals surface area (Å²) < 4.78 is 52.5. The van der Waals surface area contributed by atoms with Gasteiger partial charge in [-0.2, -0.15) is 18.3 Å². The molecule has 1 fully saturated rings. The number of nitrogens with zero attached hydrogens (tertiary/aromatic N) is 2. The van der Waals surface area contributed by atoms with E-state index in [0.717, 1.165) is 9.37 Å². The predicted octanol–water partition coefficient (Wildman–Crippen LogP) is 4.40. The average molecular weight is 409 g/mol. The fourth-order valence-electron chi connectivity index (χ4n) is 2.21. The highest BCUT2D eigenvalue weighted by Crippen LogP contribution is 2.43. The summed E-state index contributed by atoms with van der Waals surface area (Å²) in [6, 6.07) is 7.28. The van der Waals surface area contributed by atoms with Crippen molar-refractivity contribution in [3.63, 3.8) is 0 Å². The van der Waals surface area contributed by atoms with Crippen molar-refractivity contribution in [1.29, 1.82) is 0 Å². The molecule has 1 aliphatic heterocycles. The lowest BCUT2D eigenvalue weighted by molar-refractivity contribution is -0.146. The molecule has 1 aromatic heterocycles. The van der Waals surface area contributed by atoms with Crippen molar-refractivity contribution >= 4 is 27.7 Å². The van der Waals surface area contributed by atoms with Gasteiger partial charge in [0, 0.05) is 16.4 Å². The van der Waals surface area contributed by atoms with Gasteiger partial charge in [-0.25, -0.2) is 0 Å². The quantitative estimate of drug-likeness (QED) is 0.753. The van der Waals surface area contributed by atoms with Gasteiger partial charge in [-0.3, -0.25) is 4.68 Å². The van der Waals surface area contributed by atoms with Gasteiger partial charge in [0.1, 0.15) is 5.03 Å². The van der Waals surface area contributed by atoms with Crippen molar-refractivity contribution in [2.24, 2.45) is 7.05 Å². The Labute approximate surface area is 143 Å². The minimum Gasteiger partial charge on any atom is -0.346 e. The molecule has 0 unspecified atom stereocenters. The summed E-state index contributed by atoms with van der Waals surface area (Å²) in [6.45, 7) is 0.526. The first kappa shape index (κ1) is 16.8. The largest absolute Gasteiger partial charge is 0.435 e. The van der Waals surface area contributed by atoms with Crippen LogP contribution in [-0.4, -0.2) is 23.0 Å². The molecule has 124 valence electrons. The third kappa shape index (κ3) is 3.57. The third-order valence-corrected chi connectivity index (χ3v) is 4.90. The normalized spacial score (nSPS) is 16.2. The Hall–Kier alpha value is -1.03. The molecule has 0 radical (unpaired) electrons. The highest BCUT2D eigenvalue weighted by Gasteiger charge is 2.42. The molecular weight excluding hydrogens is 397 g/mol. The number of ether oxygens (including phenoxy) is 2. The molecule has 9 heteroatoms. The molecule has 1 aromatic carbocycles. The number of alkyl halides is 3. The van der Waals surface area contributed by atoms with Crippen molar-refractivity contribution in [2.45, 2.75) is 22.4 Å². The number of rotatable bonds is 3. The number of benzene rings is 1. The molecule has 0 bridgehead atoms. The second-order valence-electron chi connectivity index (χ2n) is 4.82. The highest BCUT2D eigenvalue weighted by molar-refractivity contribution is 9.10. The van der Waals surface area contributed by atoms with E-state index in [9.17, 15) is 13.2 Å². The summed E-state index contributed by atoms with van der Waals surface area (Å²) in [5.41, 5.74) is -1.03. The minimum absolute atomic E-state index is 0.0644. The van der Waals surface area contributed by atoms with Crippen LogP contribution < -0.4 is 0 Å². The molecule has 0 spiro atoms. The molecule has 0 aliphatic carbocycles. The second-order valence-corrected chi connectivity index (χ2v) is 6.80. The maximum absolute atomic E-state index is 13.3. The minimum atomic E-state index is -4.57. The lowest BCUT2D eigenvalue weighted by atomic mass is 10.2. The molecule has 2 aromatic rings. The number of aryl methyl sites for hydroxylation is 1. The smallest absolute Gasteiger partial charge is 0.346 e. The standard InChI is InChI=1S/C14H12BrF3N2O2S/c1-20-12(23-9-4-2-8(15)3-5-9)10(13-21-6-7-22-13)11(19-20)14(16,17)18/h2-5,13H,6-7H2,1H3. The first-order valence-corrected chi connectivity index (χ1v) is 8.28. The summed E-state index contributed by atoms with van der Waals surface area (Å²) in [5.74, 6) is 0. The zero-order valence-electron chi connectivity index (χ0n) is 11.9. The topological polar surface area (TPSA) is 36.3 Å². The van der Waals surface area contributed by atoms with Gasteiger partial charge in [0.25, 0.3) is 0 Å². The SMILES string of the molecule is Cn1nc(C(F)(F)F)c(C2OCCO2)c1Sc1ccc(Br)cc1. The van der Waals surface area contributed by atoms with Crippen molar-refractivity contribution < 1.29 is 22.6 Å². The van der Waals surface area contributed by atoms with E-state index in [2.05, 4.69) is 21.0 Å². The van der Waals surface area contributed by atoms with Gasteiger partial charge < -0.3 is 9.47 Å². The van der Waals surface area contributed by atoms with E-state index >= 15 is 0 Å². The molecule has 23 heavy (non-hydrogen) atoms. The van der Waals surface area contributed by atoms with E-state index in [0.29, 0.717) is 5.03 Å². The first-order valence-electron chi connectivity index (χ1n) is 6.67. The van der Waals surface area contributed by atoms with Crippen molar-refractivity contribution in [3.05, 3.63) is 40.0 Å². The summed E-state index contributed by atoms with van der Waals surface area (Å²) in [6.07, 6.45) is -5.61. The Morgan fingerprint density at radius 2 is 1.83 bits per heavy atom. The van der Waals surface area contributed by atoms with Crippen molar-refractivity contribution in [1.82, 2.24) is 9.78 Å². The Bertz CT molecular complexity index is 697. The van der Waals surface area contributed by atoms with Crippen LogP contribution in [0.25, 0.3) is 0 Å². The van der Waals surface area contributed by atoms with Crippen LogP contribution in [0.2, 0.25) is 0 Å². The van der Waals surface area contributed by atoms with Crippen molar-refractivity contribution in [2.75, 3.05) is 13.2 Å². The maximum Gasteiger partial charge on any atom is 0.435 e. The van der Waals surface area contributed by atoms with E-state index in [1.54, 1.807) is 0 Å². The molecule has 0 atom stereocenters. The first-order chi connectivity index (χ1) is 10.9. The van der Waals surface area contributed by atoms with Gasteiger partial charge in [-0.05, 0) is 24.3 Å². The van der Waals surface area contributed by atoms with Crippen LogP contribution in [0.4, 0.5) is 13.2 Å². The second kappa shape index (κ2) is 6.46. The molecule has 3 rings (SSSR count). The molecule has 1 aliphatic rings. The lowest BCUT2D eigenvalue weighted by Gasteiger charge is -2.13. The summed E-state index contributed by atoms with van der Waals surface area (Å²) in [4.78, 5) is 0.796. The van der Waals surface area contributed by atoms with Crippen LogP contribution >= 0.6 is 27.7 Å². The zero-order chi connectivity index (χ0) is 16.6. The van der Waals surface area contributed by atoms with Gasteiger partial charge in [0.05, 0.1) is 18.8 Å². The number of halogens is 4. The summed E-state index contributed by atoms with van der Waals surface area (Å²) in [7, 11) is 1.48. The molecule has 2 heterocycles. The number of hydrogen-bond donors (Lipinski definition) is 0. The maximum atomic E-state index is 13.3. The van der Waals surface area contributed by atoms with Crippen LogP contribution in [0.3, 0.4) is 0 Å². The van der Waals surface area contributed by atoms with Gasteiger partial charge >= 0.3 is 6.18 Å². The van der Waals surface area contributed by atoms with Gasteiger partial charge in [-0.1, -0.05) is 27.7 Å². The van der Waals surface area contributed by atoms with Crippen LogP contribution in [0.15, 0.2) is 38.7 Å². The Morgan fingerprint density at radius 3 is 2.39 bits per heavy atom. The van der Waals surface area contributed by atoms with Crippen LogP contribution in [-0.2, 0) is 22.7 Å². The number of hydrogen-bond acceptors (Lipinski definition) is 4. The Morgan fingerprint density at radius 1 is 1.22 bits per heavy atom. The zero-order valence-corrected chi connectivity index (χ0v) is 14.3. The third-order valence-electron chi connectivity index (χ3n) is 3.18. The van der Waals surface area contributed by atoms with Crippen LogP contribution in [0.5, 0.6) is 0 Å². The monoisotopic (exact) mass is 408 g/mol. The van der Waals surface area contributed by atoms with Crippen LogP contribution in [0.1, 0.15) is 17.5 Å². The van der Waals surface area contributed by atoms with E-state index < -0.39 is 18.2 Å². The van der Waals surface area contributed by atoms with E-state index in [4.69, 9.17) is 9.47 Å².